The lowest BCUT2D eigenvalue weighted by Gasteiger charge is -2.26. The van der Waals surface area contributed by atoms with Crippen LogP contribution in [0.1, 0.15) is 50.1 Å². The van der Waals surface area contributed by atoms with Gasteiger partial charge >= 0.3 is 0 Å². The van der Waals surface area contributed by atoms with Gasteiger partial charge < -0.3 is 10.2 Å². The summed E-state index contributed by atoms with van der Waals surface area (Å²) >= 11 is 1.92. The Labute approximate surface area is 120 Å². The molecule has 2 unspecified atom stereocenters. The molecule has 2 aliphatic rings. The molecule has 1 N–H and O–H groups in total. The second kappa shape index (κ2) is 5.80. The molecular formula is C15H25N3S. The highest BCUT2D eigenvalue weighted by atomic mass is 32.1. The minimum atomic E-state index is 0.789. The van der Waals surface area contributed by atoms with Crippen LogP contribution in [0.2, 0.25) is 0 Å². The van der Waals surface area contributed by atoms with Crippen LogP contribution in [0.25, 0.3) is 0 Å². The van der Waals surface area contributed by atoms with E-state index in [4.69, 9.17) is 4.98 Å². The second-order valence-electron chi connectivity index (χ2n) is 5.88. The van der Waals surface area contributed by atoms with Crippen molar-refractivity contribution in [2.24, 2.45) is 5.92 Å². The standard InChI is InChI=1S/C15H25N3S/c1-3-7-16-9-14-13(4-2)17-15(19-14)18-10-11-5-6-12(18)8-11/h11-12,16H,3-10H2,1-2H3. The van der Waals surface area contributed by atoms with E-state index in [-0.39, 0.29) is 0 Å². The number of hydrogen-bond acceptors (Lipinski definition) is 4. The lowest BCUT2D eigenvalue weighted by molar-refractivity contribution is 0.552. The quantitative estimate of drug-likeness (QED) is 0.811. The van der Waals surface area contributed by atoms with Crippen molar-refractivity contribution in [3.05, 3.63) is 10.6 Å². The summed E-state index contributed by atoms with van der Waals surface area (Å²) in [6.45, 7) is 7.79. The molecule has 1 aromatic rings. The Kier molecular flexibility index (Phi) is 4.08. The molecule has 2 bridgehead atoms. The first-order valence-electron chi connectivity index (χ1n) is 7.77. The van der Waals surface area contributed by atoms with Crippen LogP contribution in [-0.2, 0) is 13.0 Å². The third-order valence-corrected chi connectivity index (χ3v) is 5.60. The highest BCUT2D eigenvalue weighted by Crippen LogP contribution is 2.42. The zero-order valence-corrected chi connectivity index (χ0v) is 12.9. The van der Waals surface area contributed by atoms with E-state index in [9.17, 15) is 0 Å². The van der Waals surface area contributed by atoms with Gasteiger partial charge in [-0.2, -0.15) is 0 Å². The molecule has 1 aliphatic carbocycles. The molecule has 1 aromatic heterocycles. The van der Waals surface area contributed by atoms with Gasteiger partial charge in [-0.25, -0.2) is 4.98 Å². The SMILES string of the molecule is CCCNCc1sc(N2CC3CCC2C3)nc1CC. The van der Waals surface area contributed by atoms with Crippen LogP contribution in [0, 0.1) is 5.92 Å². The Hall–Kier alpha value is -0.610. The van der Waals surface area contributed by atoms with Crippen LogP contribution in [0.5, 0.6) is 0 Å². The molecule has 4 heteroatoms. The maximum atomic E-state index is 4.91. The highest BCUT2D eigenvalue weighted by molar-refractivity contribution is 7.15. The van der Waals surface area contributed by atoms with Gasteiger partial charge in [0.25, 0.3) is 0 Å². The molecule has 19 heavy (non-hydrogen) atoms. The molecule has 0 radical (unpaired) electrons. The van der Waals surface area contributed by atoms with Crippen LogP contribution in [0.3, 0.4) is 0 Å². The van der Waals surface area contributed by atoms with E-state index in [0.717, 1.165) is 31.5 Å². The number of nitrogens with zero attached hydrogens (tertiary/aromatic N) is 2. The Morgan fingerprint density at radius 1 is 1.37 bits per heavy atom. The van der Waals surface area contributed by atoms with E-state index in [2.05, 4.69) is 24.1 Å². The summed E-state index contributed by atoms with van der Waals surface area (Å²) in [4.78, 5) is 8.95. The van der Waals surface area contributed by atoms with Crippen molar-refractivity contribution in [1.82, 2.24) is 10.3 Å². The van der Waals surface area contributed by atoms with Gasteiger partial charge in [0.05, 0.1) is 5.69 Å². The Morgan fingerprint density at radius 3 is 2.89 bits per heavy atom. The first kappa shape index (κ1) is 13.4. The van der Waals surface area contributed by atoms with Crippen LogP contribution in [-0.4, -0.2) is 24.1 Å². The average Bonchev–Trinajstić information content (AvgIpc) is 3.13. The lowest BCUT2D eigenvalue weighted by atomic mass is 10.1. The average molecular weight is 279 g/mol. The number of anilines is 1. The fourth-order valence-electron chi connectivity index (χ4n) is 3.44. The number of aromatic nitrogens is 1. The topological polar surface area (TPSA) is 28.2 Å². The van der Waals surface area contributed by atoms with Crippen molar-refractivity contribution in [3.63, 3.8) is 0 Å². The van der Waals surface area contributed by atoms with Crippen molar-refractivity contribution < 1.29 is 0 Å². The van der Waals surface area contributed by atoms with Crippen LogP contribution < -0.4 is 10.2 Å². The monoisotopic (exact) mass is 279 g/mol. The number of aryl methyl sites for hydroxylation is 1. The molecule has 106 valence electrons. The summed E-state index contributed by atoms with van der Waals surface area (Å²) < 4.78 is 0. The molecule has 1 aliphatic heterocycles. The van der Waals surface area contributed by atoms with E-state index in [1.807, 2.05) is 11.3 Å². The molecule has 2 heterocycles. The van der Waals surface area contributed by atoms with Crippen molar-refractivity contribution in [2.75, 3.05) is 18.0 Å². The van der Waals surface area contributed by atoms with Crippen LogP contribution >= 0.6 is 11.3 Å². The van der Waals surface area contributed by atoms with E-state index in [1.165, 1.54) is 47.9 Å². The van der Waals surface area contributed by atoms with Gasteiger partial charge in [0.1, 0.15) is 0 Å². The summed E-state index contributed by atoms with van der Waals surface area (Å²) in [7, 11) is 0. The predicted octanol–water partition coefficient (Wildman–Crippen LogP) is 3.19. The lowest BCUT2D eigenvalue weighted by Crippen LogP contribution is -2.31. The first-order chi connectivity index (χ1) is 9.31. The zero-order valence-electron chi connectivity index (χ0n) is 12.1. The van der Waals surface area contributed by atoms with Gasteiger partial charge in [0.2, 0.25) is 0 Å². The molecule has 1 saturated heterocycles. The zero-order chi connectivity index (χ0) is 13.2. The summed E-state index contributed by atoms with van der Waals surface area (Å²) in [5.41, 5.74) is 1.31. The minimum Gasteiger partial charge on any atom is -0.345 e. The van der Waals surface area contributed by atoms with Crippen molar-refractivity contribution >= 4 is 16.5 Å². The summed E-state index contributed by atoms with van der Waals surface area (Å²) in [6.07, 6.45) is 6.49. The summed E-state index contributed by atoms with van der Waals surface area (Å²) in [5, 5.41) is 4.81. The van der Waals surface area contributed by atoms with Gasteiger partial charge in [-0.1, -0.05) is 13.8 Å². The molecule has 0 amide bonds. The number of piperidine rings is 1. The molecule has 0 aromatic carbocycles. The van der Waals surface area contributed by atoms with Crippen LogP contribution in [0.15, 0.2) is 0 Å². The molecule has 2 atom stereocenters. The number of rotatable bonds is 6. The fourth-order valence-corrected chi connectivity index (χ4v) is 4.64. The predicted molar refractivity (Wildman–Crippen MR) is 82.0 cm³/mol. The Bertz CT molecular complexity index is 429. The molecule has 2 fully saturated rings. The van der Waals surface area contributed by atoms with E-state index >= 15 is 0 Å². The van der Waals surface area contributed by atoms with E-state index in [1.54, 1.807) is 0 Å². The number of nitrogens with one attached hydrogen (secondary N) is 1. The van der Waals surface area contributed by atoms with Gasteiger partial charge in [0, 0.05) is 24.0 Å². The van der Waals surface area contributed by atoms with Gasteiger partial charge in [-0.15, -0.1) is 11.3 Å². The first-order valence-corrected chi connectivity index (χ1v) is 8.59. The van der Waals surface area contributed by atoms with Crippen molar-refractivity contribution in [3.8, 4) is 0 Å². The number of hydrogen-bond donors (Lipinski definition) is 1. The molecular weight excluding hydrogens is 254 g/mol. The van der Waals surface area contributed by atoms with Gasteiger partial charge in [-0.3, -0.25) is 0 Å². The van der Waals surface area contributed by atoms with Crippen molar-refractivity contribution in [2.45, 2.75) is 58.5 Å². The third kappa shape index (κ3) is 2.65. The maximum Gasteiger partial charge on any atom is 0.186 e. The van der Waals surface area contributed by atoms with E-state index in [0.29, 0.717) is 0 Å². The smallest absolute Gasteiger partial charge is 0.186 e. The fraction of sp³-hybridized carbons (Fsp3) is 0.800. The number of fused-ring (bicyclic) bond motifs is 2. The van der Waals surface area contributed by atoms with Gasteiger partial charge in [0.15, 0.2) is 5.13 Å². The van der Waals surface area contributed by atoms with Crippen LogP contribution in [0.4, 0.5) is 5.13 Å². The van der Waals surface area contributed by atoms with Crippen molar-refractivity contribution in [1.29, 1.82) is 0 Å². The Balaban J connectivity index is 1.72. The third-order valence-electron chi connectivity index (χ3n) is 4.47. The molecule has 1 saturated carbocycles. The summed E-state index contributed by atoms with van der Waals surface area (Å²) in [6, 6.07) is 0.789. The highest BCUT2D eigenvalue weighted by Gasteiger charge is 2.39. The second-order valence-corrected chi connectivity index (χ2v) is 6.94. The minimum absolute atomic E-state index is 0.789. The Morgan fingerprint density at radius 2 is 2.26 bits per heavy atom. The normalized spacial score (nSPS) is 25.5. The van der Waals surface area contributed by atoms with Gasteiger partial charge in [-0.05, 0) is 44.6 Å². The molecule has 0 spiro atoms. The molecule has 3 nitrogen and oxygen atoms in total. The summed E-state index contributed by atoms with van der Waals surface area (Å²) in [5.74, 6) is 0.945. The van der Waals surface area contributed by atoms with E-state index < -0.39 is 0 Å². The number of thiazole rings is 1. The molecule has 3 rings (SSSR count). The maximum absolute atomic E-state index is 4.91. The largest absolute Gasteiger partial charge is 0.345 e.